The number of nitrogens with zero attached hydrogens (tertiary/aromatic N) is 4. The van der Waals surface area contributed by atoms with Crippen molar-refractivity contribution in [3.05, 3.63) is 48.0 Å². The van der Waals surface area contributed by atoms with E-state index >= 15 is 0 Å². The van der Waals surface area contributed by atoms with Crippen molar-refractivity contribution in [3.8, 4) is 0 Å². The Bertz CT molecular complexity index is 734. The predicted molar refractivity (Wildman–Crippen MR) is 90.8 cm³/mol. The molecule has 0 amide bonds. The predicted octanol–water partition coefficient (Wildman–Crippen LogP) is 2.50. The van der Waals surface area contributed by atoms with Gasteiger partial charge in [0.2, 0.25) is 5.95 Å². The molecule has 25 heavy (non-hydrogen) atoms. The van der Waals surface area contributed by atoms with Crippen molar-refractivity contribution in [2.45, 2.75) is 44.2 Å². The molecular formula is C17H20N6O2. The largest absolute Gasteiger partial charge is 0.454 e. The van der Waals surface area contributed by atoms with Crippen LogP contribution in [0.25, 0.3) is 5.53 Å². The first-order valence-electron chi connectivity index (χ1n) is 8.37. The third kappa shape index (κ3) is 4.30. The van der Waals surface area contributed by atoms with Crippen molar-refractivity contribution < 1.29 is 14.3 Å². The molecule has 2 aromatic rings. The molecule has 0 bridgehead atoms. The van der Waals surface area contributed by atoms with E-state index < -0.39 is 12.0 Å². The average Bonchev–Trinajstić information content (AvgIpc) is 3.18. The van der Waals surface area contributed by atoms with E-state index in [9.17, 15) is 10.3 Å². The lowest BCUT2D eigenvalue weighted by atomic mass is 9.97. The van der Waals surface area contributed by atoms with Crippen molar-refractivity contribution in [1.29, 1.82) is 0 Å². The highest BCUT2D eigenvalue weighted by Gasteiger charge is 2.37. The molecule has 0 aromatic carbocycles. The summed E-state index contributed by atoms with van der Waals surface area (Å²) in [5, 5.41) is 3.01. The Morgan fingerprint density at radius 2 is 2.04 bits per heavy atom. The molecule has 1 atom stereocenters. The molecule has 0 saturated heterocycles. The number of aromatic nitrogens is 3. The number of nitrogens with one attached hydrogen (secondary N) is 2. The lowest BCUT2D eigenvalue weighted by Gasteiger charge is -2.21. The van der Waals surface area contributed by atoms with E-state index in [2.05, 4.69) is 25.1 Å². The van der Waals surface area contributed by atoms with E-state index in [1.54, 1.807) is 36.8 Å². The van der Waals surface area contributed by atoms with E-state index in [-0.39, 0.29) is 11.8 Å². The summed E-state index contributed by atoms with van der Waals surface area (Å²) in [4.78, 5) is 27.0. The minimum atomic E-state index is -0.751. The molecule has 1 aliphatic rings. The molecule has 2 aromatic heterocycles. The summed E-state index contributed by atoms with van der Waals surface area (Å²) < 4.78 is 5.54. The highest BCUT2D eigenvalue weighted by atomic mass is 16.5. The highest BCUT2D eigenvalue weighted by Crippen LogP contribution is 2.22. The summed E-state index contributed by atoms with van der Waals surface area (Å²) >= 11 is 0. The molecule has 0 radical (unpaired) electrons. The fraction of sp³-hybridized carbons (Fsp3) is 0.412. The number of rotatable bonds is 6. The van der Waals surface area contributed by atoms with Gasteiger partial charge in [0, 0.05) is 18.6 Å². The van der Waals surface area contributed by atoms with E-state index in [4.69, 9.17) is 4.74 Å². The van der Waals surface area contributed by atoms with Gasteiger partial charge in [-0.25, -0.2) is 14.8 Å². The fourth-order valence-corrected chi connectivity index (χ4v) is 2.93. The van der Waals surface area contributed by atoms with E-state index in [0.29, 0.717) is 11.6 Å². The normalized spacial score (nSPS) is 15.8. The Labute approximate surface area is 145 Å². The first kappa shape index (κ1) is 16.9. The second-order valence-electron chi connectivity index (χ2n) is 5.93. The molecule has 2 N–H and O–H groups in total. The maximum Gasteiger partial charge on any atom is 0.419 e. The summed E-state index contributed by atoms with van der Waals surface area (Å²) in [6, 6.07) is 4.50. The topological polar surface area (TPSA) is 116 Å². The third-order valence-electron chi connectivity index (χ3n) is 4.19. The second kappa shape index (κ2) is 8.21. The van der Waals surface area contributed by atoms with Crippen LogP contribution >= 0.6 is 0 Å². The molecule has 1 unspecified atom stereocenters. The van der Waals surface area contributed by atoms with Crippen LogP contribution in [-0.4, -0.2) is 37.5 Å². The molecule has 1 aliphatic carbocycles. The lowest BCUT2D eigenvalue weighted by Crippen LogP contribution is -2.34. The standard InChI is InChI=1S/C17H20N6O2/c18-23-15(16(24)25-12-6-2-1-3-7-12)14(13-8-4-9-19-13)22-17-20-10-5-11-21-17/h4-5,8-12,14,19H,1-3,6-7H2,(H,20,21,22). The summed E-state index contributed by atoms with van der Waals surface area (Å²) in [5.41, 5.74) is 9.97. The van der Waals surface area contributed by atoms with Crippen LogP contribution in [0.5, 0.6) is 0 Å². The van der Waals surface area contributed by atoms with Gasteiger partial charge >= 0.3 is 11.7 Å². The Balaban J connectivity index is 1.80. The monoisotopic (exact) mass is 340 g/mol. The number of hydrogen-bond acceptors (Lipinski definition) is 5. The maximum atomic E-state index is 12.6. The summed E-state index contributed by atoms with van der Waals surface area (Å²) in [6.45, 7) is 0. The zero-order valence-electron chi connectivity index (χ0n) is 13.8. The number of H-pyrrole nitrogens is 1. The highest BCUT2D eigenvalue weighted by molar-refractivity contribution is 6.36. The molecule has 3 rings (SSSR count). The zero-order chi connectivity index (χ0) is 17.5. The number of ether oxygens (including phenoxy) is 1. The van der Waals surface area contributed by atoms with Crippen LogP contribution in [-0.2, 0) is 9.53 Å². The van der Waals surface area contributed by atoms with Gasteiger partial charge in [0.25, 0.3) is 0 Å². The van der Waals surface area contributed by atoms with Gasteiger partial charge in [-0.05, 0) is 43.9 Å². The van der Waals surface area contributed by atoms with E-state index in [0.717, 1.165) is 32.1 Å². The fourth-order valence-electron chi connectivity index (χ4n) is 2.93. The zero-order valence-corrected chi connectivity index (χ0v) is 13.8. The van der Waals surface area contributed by atoms with Gasteiger partial charge in [0.05, 0.1) is 5.69 Å². The molecule has 8 heteroatoms. The molecule has 1 saturated carbocycles. The van der Waals surface area contributed by atoms with E-state index in [1.807, 2.05) is 0 Å². The number of anilines is 1. The molecule has 1 fully saturated rings. The quantitative estimate of drug-likeness (QED) is 0.363. The van der Waals surface area contributed by atoms with Crippen LogP contribution in [0, 0.1) is 0 Å². The molecule has 8 nitrogen and oxygen atoms in total. The van der Waals surface area contributed by atoms with Crippen molar-refractivity contribution in [1.82, 2.24) is 15.0 Å². The summed E-state index contributed by atoms with van der Waals surface area (Å²) in [7, 11) is 0. The molecule has 2 heterocycles. The van der Waals surface area contributed by atoms with Gasteiger partial charge in [-0.15, -0.1) is 0 Å². The minimum absolute atomic E-state index is 0.129. The maximum absolute atomic E-state index is 12.6. The minimum Gasteiger partial charge on any atom is -0.454 e. The first-order chi connectivity index (χ1) is 12.3. The van der Waals surface area contributed by atoms with Gasteiger partial charge in [-0.3, -0.25) is 0 Å². The van der Waals surface area contributed by atoms with Crippen LogP contribution in [0.1, 0.15) is 43.8 Å². The van der Waals surface area contributed by atoms with Crippen LogP contribution in [0.15, 0.2) is 36.8 Å². The molecular weight excluding hydrogens is 320 g/mol. The Hall–Kier alpha value is -2.99. The number of carbonyl (C=O) groups excluding carboxylic acids is 1. The number of hydrogen-bond donors (Lipinski definition) is 2. The number of carbonyl (C=O) groups is 1. The Kier molecular flexibility index (Phi) is 5.53. The summed E-state index contributed by atoms with van der Waals surface area (Å²) in [5.74, 6) is -0.328. The van der Waals surface area contributed by atoms with Crippen LogP contribution < -0.4 is 5.32 Å². The van der Waals surface area contributed by atoms with Crippen LogP contribution in [0.2, 0.25) is 0 Å². The molecule has 130 valence electrons. The van der Waals surface area contributed by atoms with E-state index in [1.165, 1.54) is 0 Å². The second-order valence-corrected chi connectivity index (χ2v) is 5.93. The number of esters is 1. The third-order valence-corrected chi connectivity index (χ3v) is 4.19. The Morgan fingerprint density at radius 1 is 1.28 bits per heavy atom. The summed E-state index contributed by atoms with van der Waals surface area (Å²) in [6.07, 6.45) is 9.67. The molecule has 0 aliphatic heterocycles. The van der Waals surface area contributed by atoms with Crippen molar-refractivity contribution in [2.24, 2.45) is 0 Å². The smallest absolute Gasteiger partial charge is 0.419 e. The van der Waals surface area contributed by atoms with Gasteiger partial charge in [0.1, 0.15) is 6.10 Å². The van der Waals surface area contributed by atoms with Gasteiger partial charge in [0.15, 0.2) is 6.04 Å². The SMILES string of the molecule is [N-]=[N+]=C(C(=O)OC1CCCCC1)C(Nc1ncccn1)c1ccc[nH]1. The van der Waals surface area contributed by atoms with Crippen molar-refractivity contribution >= 4 is 17.6 Å². The molecule has 0 spiro atoms. The van der Waals surface area contributed by atoms with Crippen LogP contribution in [0.3, 0.4) is 0 Å². The Morgan fingerprint density at radius 3 is 2.68 bits per heavy atom. The van der Waals surface area contributed by atoms with Gasteiger partial charge in [-0.1, -0.05) is 6.42 Å². The average molecular weight is 340 g/mol. The van der Waals surface area contributed by atoms with Crippen molar-refractivity contribution in [2.75, 3.05) is 5.32 Å². The number of aromatic amines is 1. The first-order valence-corrected chi connectivity index (χ1v) is 8.37. The van der Waals surface area contributed by atoms with Crippen LogP contribution in [0.4, 0.5) is 5.95 Å². The lowest BCUT2D eigenvalue weighted by molar-refractivity contribution is -0.147. The van der Waals surface area contributed by atoms with Gasteiger partial charge < -0.3 is 20.6 Å². The van der Waals surface area contributed by atoms with Crippen molar-refractivity contribution in [3.63, 3.8) is 0 Å². The van der Waals surface area contributed by atoms with Gasteiger partial charge in [-0.2, -0.15) is 4.79 Å².